The highest BCUT2D eigenvalue weighted by Crippen LogP contribution is 2.22. The van der Waals surface area contributed by atoms with E-state index < -0.39 is 14.8 Å². The van der Waals surface area contributed by atoms with Crippen LogP contribution in [0.5, 0.6) is 0 Å². The first-order valence-electron chi connectivity index (χ1n) is 6.14. The lowest BCUT2D eigenvalue weighted by molar-refractivity contribution is -0.422. The van der Waals surface area contributed by atoms with Gasteiger partial charge < -0.3 is 0 Å². The smallest absolute Gasteiger partial charge is 0.243 e. The van der Waals surface area contributed by atoms with Gasteiger partial charge in [-0.3, -0.25) is 10.1 Å². The van der Waals surface area contributed by atoms with Crippen LogP contribution >= 0.6 is 0 Å². The standard InChI is InChI=1S/C15H13NO4S/c1-12(16(17)18)10-13-6-5-9-15(11-13)21(19,20)14-7-3-2-4-8-14/h2-11H,1H3. The van der Waals surface area contributed by atoms with E-state index >= 15 is 0 Å². The molecule has 0 saturated carbocycles. The summed E-state index contributed by atoms with van der Waals surface area (Å²) in [4.78, 5) is 10.4. The van der Waals surface area contributed by atoms with Crippen molar-refractivity contribution in [1.29, 1.82) is 0 Å². The molecule has 2 rings (SSSR count). The van der Waals surface area contributed by atoms with Crippen molar-refractivity contribution in [2.24, 2.45) is 0 Å². The van der Waals surface area contributed by atoms with Crippen molar-refractivity contribution in [3.8, 4) is 0 Å². The zero-order valence-electron chi connectivity index (χ0n) is 11.3. The fourth-order valence-electron chi connectivity index (χ4n) is 1.80. The molecule has 2 aromatic rings. The number of rotatable bonds is 4. The predicted octanol–water partition coefficient (Wildman–Crippen LogP) is 3.16. The van der Waals surface area contributed by atoms with E-state index in [2.05, 4.69) is 0 Å². The van der Waals surface area contributed by atoms with Gasteiger partial charge in [-0.05, 0) is 29.8 Å². The molecular weight excluding hydrogens is 290 g/mol. The number of sulfone groups is 1. The first-order valence-corrected chi connectivity index (χ1v) is 7.62. The van der Waals surface area contributed by atoms with Crippen molar-refractivity contribution < 1.29 is 13.3 Å². The lowest BCUT2D eigenvalue weighted by atomic mass is 10.2. The molecule has 0 unspecified atom stereocenters. The number of nitro groups is 1. The summed E-state index contributed by atoms with van der Waals surface area (Å²) in [6.07, 6.45) is 1.34. The second-order valence-electron chi connectivity index (χ2n) is 4.43. The Hall–Kier alpha value is -2.47. The summed E-state index contributed by atoms with van der Waals surface area (Å²) in [6.45, 7) is 1.36. The third-order valence-electron chi connectivity index (χ3n) is 2.89. The first-order chi connectivity index (χ1) is 9.91. The molecule has 0 aliphatic carbocycles. The van der Waals surface area contributed by atoms with Gasteiger partial charge in [0.05, 0.1) is 14.7 Å². The molecular formula is C15H13NO4S. The molecule has 2 aromatic carbocycles. The number of hydrogen-bond acceptors (Lipinski definition) is 4. The Morgan fingerprint density at radius 1 is 1.05 bits per heavy atom. The second kappa shape index (κ2) is 5.88. The molecule has 0 N–H and O–H groups in total. The minimum Gasteiger partial charge on any atom is -0.259 e. The molecule has 21 heavy (non-hydrogen) atoms. The fourth-order valence-corrected chi connectivity index (χ4v) is 3.14. The van der Waals surface area contributed by atoms with Crippen LogP contribution in [0.2, 0.25) is 0 Å². The minimum atomic E-state index is -3.62. The number of benzene rings is 2. The van der Waals surface area contributed by atoms with Crippen molar-refractivity contribution in [2.75, 3.05) is 0 Å². The van der Waals surface area contributed by atoms with Gasteiger partial charge in [-0.1, -0.05) is 30.3 Å². The monoisotopic (exact) mass is 303 g/mol. The topological polar surface area (TPSA) is 77.3 Å². The molecule has 0 saturated heterocycles. The van der Waals surface area contributed by atoms with Crippen molar-refractivity contribution in [3.05, 3.63) is 76.0 Å². The summed E-state index contributed by atoms with van der Waals surface area (Å²) in [5.41, 5.74) is 0.422. The van der Waals surface area contributed by atoms with E-state index in [9.17, 15) is 18.5 Å². The summed E-state index contributed by atoms with van der Waals surface area (Å²) in [5.74, 6) is 0. The Balaban J connectivity index is 2.47. The zero-order valence-corrected chi connectivity index (χ0v) is 12.1. The minimum absolute atomic E-state index is 0.0516. The average Bonchev–Trinajstić information content (AvgIpc) is 2.48. The van der Waals surface area contributed by atoms with E-state index in [0.29, 0.717) is 5.56 Å². The van der Waals surface area contributed by atoms with Crippen LogP contribution in [0.25, 0.3) is 6.08 Å². The van der Waals surface area contributed by atoms with E-state index in [4.69, 9.17) is 0 Å². The van der Waals surface area contributed by atoms with Crippen molar-refractivity contribution in [1.82, 2.24) is 0 Å². The van der Waals surface area contributed by atoms with Crippen molar-refractivity contribution in [3.63, 3.8) is 0 Å². The van der Waals surface area contributed by atoms with E-state index in [-0.39, 0.29) is 15.5 Å². The van der Waals surface area contributed by atoms with Crippen LogP contribution in [0.15, 0.2) is 70.1 Å². The van der Waals surface area contributed by atoms with Gasteiger partial charge in [0.2, 0.25) is 15.5 Å². The van der Waals surface area contributed by atoms with Crippen LogP contribution in [0, 0.1) is 10.1 Å². The van der Waals surface area contributed by atoms with Crippen LogP contribution in [-0.2, 0) is 9.84 Å². The fraction of sp³-hybridized carbons (Fsp3) is 0.0667. The van der Waals surface area contributed by atoms with Gasteiger partial charge in [0.25, 0.3) is 0 Å². The van der Waals surface area contributed by atoms with E-state index in [1.807, 2.05) is 0 Å². The quantitative estimate of drug-likeness (QED) is 0.642. The molecule has 0 bridgehead atoms. The first kappa shape index (κ1) is 14.9. The lowest BCUT2D eigenvalue weighted by Crippen LogP contribution is -2.02. The predicted molar refractivity (Wildman–Crippen MR) is 79.0 cm³/mol. The average molecular weight is 303 g/mol. The van der Waals surface area contributed by atoms with Crippen LogP contribution in [0.1, 0.15) is 12.5 Å². The summed E-state index contributed by atoms with van der Waals surface area (Å²) >= 11 is 0. The third kappa shape index (κ3) is 3.35. The molecule has 0 fully saturated rings. The van der Waals surface area contributed by atoms with Crippen LogP contribution < -0.4 is 0 Å². The Kier molecular flexibility index (Phi) is 4.18. The Morgan fingerprint density at radius 2 is 1.67 bits per heavy atom. The molecule has 0 atom stereocenters. The Morgan fingerprint density at radius 3 is 2.29 bits per heavy atom. The van der Waals surface area contributed by atoms with Crippen LogP contribution in [-0.4, -0.2) is 13.3 Å². The molecule has 108 valence electrons. The second-order valence-corrected chi connectivity index (χ2v) is 6.38. The summed E-state index contributed by atoms with van der Waals surface area (Å²) < 4.78 is 24.9. The normalized spacial score (nSPS) is 12.1. The number of nitrogens with zero attached hydrogens (tertiary/aromatic N) is 1. The van der Waals surface area contributed by atoms with E-state index in [1.165, 1.54) is 37.3 Å². The van der Waals surface area contributed by atoms with E-state index in [0.717, 1.165) is 0 Å². The molecule has 0 aliphatic heterocycles. The van der Waals surface area contributed by atoms with Crippen LogP contribution in [0.3, 0.4) is 0 Å². The summed E-state index contributed by atoms with van der Waals surface area (Å²) in [7, 11) is -3.62. The molecule has 0 amide bonds. The third-order valence-corrected chi connectivity index (χ3v) is 4.65. The molecule has 5 nitrogen and oxygen atoms in total. The van der Waals surface area contributed by atoms with Gasteiger partial charge >= 0.3 is 0 Å². The Bertz CT molecular complexity index is 795. The number of allylic oxidation sites excluding steroid dienone is 1. The maximum absolute atomic E-state index is 12.5. The maximum atomic E-state index is 12.5. The molecule has 0 heterocycles. The van der Waals surface area contributed by atoms with Crippen molar-refractivity contribution in [2.45, 2.75) is 16.7 Å². The highest BCUT2D eigenvalue weighted by Gasteiger charge is 2.17. The molecule has 0 radical (unpaired) electrons. The van der Waals surface area contributed by atoms with Gasteiger partial charge in [-0.15, -0.1) is 0 Å². The van der Waals surface area contributed by atoms with Gasteiger partial charge in [-0.25, -0.2) is 8.42 Å². The van der Waals surface area contributed by atoms with Gasteiger partial charge in [-0.2, -0.15) is 0 Å². The lowest BCUT2D eigenvalue weighted by Gasteiger charge is -2.05. The van der Waals surface area contributed by atoms with Gasteiger partial charge in [0, 0.05) is 13.0 Å². The van der Waals surface area contributed by atoms with Crippen LogP contribution in [0.4, 0.5) is 0 Å². The van der Waals surface area contributed by atoms with E-state index in [1.54, 1.807) is 30.3 Å². The highest BCUT2D eigenvalue weighted by molar-refractivity contribution is 7.91. The van der Waals surface area contributed by atoms with Gasteiger partial charge in [0.15, 0.2) is 0 Å². The molecule has 0 spiro atoms. The maximum Gasteiger partial charge on any atom is 0.243 e. The van der Waals surface area contributed by atoms with Gasteiger partial charge in [0.1, 0.15) is 0 Å². The zero-order chi connectivity index (χ0) is 15.5. The SMILES string of the molecule is CC(=Cc1cccc(S(=O)(=O)c2ccccc2)c1)[N+](=O)[O-]. The summed E-state index contributed by atoms with van der Waals surface area (Å²) in [6, 6.07) is 14.1. The molecule has 6 heteroatoms. The Labute approximate surface area is 122 Å². The molecule has 0 aliphatic rings. The largest absolute Gasteiger partial charge is 0.259 e. The highest BCUT2D eigenvalue weighted by atomic mass is 32.2. The number of hydrogen-bond donors (Lipinski definition) is 0. The summed E-state index contributed by atoms with van der Waals surface area (Å²) in [5, 5.41) is 10.6. The molecule has 0 aromatic heterocycles. The van der Waals surface area contributed by atoms with Crippen molar-refractivity contribution >= 4 is 15.9 Å².